The Morgan fingerprint density at radius 2 is 1.59 bits per heavy atom. The lowest BCUT2D eigenvalue weighted by atomic mass is 10.2. The van der Waals surface area contributed by atoms with Crippen LogP contribution in [0.3, 0.4) is 0 Å². The number of fused-ring (bicyclic) bond motifs is 1. The summed E-state index contributed by atoms with van der Waals surface area (Å²) in [6.45, 7) is 4.11. The first-order valence-electron chi connectivity index (χ1n) is 11.1. The van der Waals surface area contributed by atoms with E-state index in [1.807, 2.05) is 84.2 Å². The number of hydrogen-bond donors (Lipinski definition) is 1. The van der Waals surface area contributed by atoms with Crippen LogP contribution in [0.25, 0.3) is 17.2 Å². The Balaban J connectivity index is 1.56. The number of hydrogen-bond acceptors (Lipinski definition) is 5. The average molecular weight is 466 g/mol. The van der Waals surface area contributed by atoms with Crippen molar-refractivity contribution in [2.24, 2.45) is 0 Å². The van der Waals surface area contributed by atoms with Gasteiger partial charge < -0.3 is 5.32 Å². The van der Waals surface area contributed by atoms with Crippen molar-refractivity contribution >= 4 is 29.1 Å². The van der Waals surface area contributed by atoms with Crippen LogP contribution >= 0.6 is 11.8 Å². The van der Waals surface area contributed by atoms with Crippen LogP contribution in [-0.4, -0.2) is 25.5 Å². The zero-order chi connectivity index (χ0) is 23.5. The summed E-state index contributed by atoms with van der Waals surface area (Å²) >= 11 is 1.56. The van der Waals surface area contributed by atoms with Gasteiger partial charge in [0.1, 0.15) is 5.03 Å². The first-order chi connectivity index (χ1) is 16.6. The number of nitrogens with one attached hydrogen (secondary N) is 1. The van der Waals surface area contributed by atoms with Crippen LogP contribution in [0.1, 0.15) is 28.5 Å². The molecule has 6 nitrogen and oxygen atoms in total. The summed E-state index contributed by atoms with van der Waals surface area (Å²) in [7, 11) is 0. The molecule has 2 aromatic heterocycles. The lowest BCUT2D eigenvalue weighted by molar-refractivity contribution is 0.102. The van der Waals surface area contributed by atoms with Gasteiger partial charge in [-0.25, -0.2) is 4.98 Å². The summed E-state index contributed by atoms with van der Waals surface area (Å²) in [6, 6.07) is 26.9. The quantitative estimate of drug-likeness (QED) is 0.308. The number of carbonyl (C=O) groups is 1. The molecule has 5 rings (SSSR count). The number of rotatable bonds is 6. The van der Waals surface area contributed by atoms with Gasteiger partial charge in [0, 0.05) is 27.3 Å². The molecule has 5 aromatic rings. The van der Waals surface area contributed by atoms with Crippen molar-refractivity contribution in [2.45, 2.75) is 30.2 Å². The van der Waals surface area contributed by atoms with Gasteiger partial charge in [-0.3, -0.25) is 4.79 Å². The Hall–Kier alpha value is -3.97. The van der Waals surface area contributed by atoms with Crippen LogP contribution < -0.4 is 5.32 Å². The second-order valence-corrected chi connectivity index (χ2v) is 8.80. The predicted octanol–water partition coefficient (Wildman–Crippen LogP) is 6.07. The second-order valence-electron chi connectivity index (χ2n) is 7.77. The number of amides is 1. The van der Waals surface area contributed by atoms with Crippen molar-refractivity contribution in [3.05, 3.63) is 102 Å². The molecule has 0 spiro atoms. The predicted molar refractivity (Wildman–Crippen MR) is 135 cm³/mol. The molecule has 168 valence electrons. The molecule has 3 aromatic carbocycles. The first kappa shape index (κ1) is 21.9. The number of aryl methyl sites for hydroxylation is 1. The van der Waals surface area contributed by atoms with Gasteiger partial charge in [0.2, 0.25) is 0 Å². The molecule has 1 amide bonds. The van der Waals surface area contributed by atoms with Crippen molar-refractivity contribution in [1.29, 1.82) is 0 Å². The molecule has 2 heterocycles. The van der Waals surface area contributed by atoms with Crippen LogP contribution in [0.4, 0.5) is 5.69 Å². The van der Waals surface area contributed by atoms with Crippen LogP contribution in [0.15, 0.2) is 94.9 Å². The Kier molecular flexibility index (Phi) is 6.10. The van der Waals surface area contributed by atoms with E-state index in [1.54, 1.807) is 23.9 Å². The fourth-order valence-corrected chi connectivity index (χ4v) is 4.99. The minimum atomic E-state index is -0.146. The first-order valence-corrected chi connectivity index (χ1v) is 11.9. The van der Waals surface area contributed by atoms with Crippen LogP contribution in [0, 0.1) is 6.92 Å². The van der Waals surface area contributed by atoms with Crippen molar-refractivity contribution < 1.29 is 4.79 Å². The highest BCUT2D eigenvalue weighted by molar-refractivity contribution is 7.99. The molecule has 0 bridgehead atoms. The molecule has 1 N–H and O–H groups in total. The van der Waals surface area contributed by atoms with E-state index >= 15 is 0 Å². The van der Waals surface area contributed by atoms with E-state index in [4.69, 9.17) is 10.1 Å². The minimum absolute atomic E-state index is 0.146. The maximum atomic E-state index is 12.8. The molecule has 34 heavy (non-hydrogen) atoms. The number of nitrogens with zero attached hydrogens (tertiary/aromatic N) is 4. The summed E-state index contributed by atoms with van der Waals surface area (Å²) in [5, 5.41) is 8.80. The zero-order valence-corrected chi connectivity index (χ0v) is 19.7. The Labute approximate surface area is 202 Å². The van der Waals surface area contributed by atoms with Crippen molar-refractivity contribution in [3.8, 4) is 11.4 Å². The SMILES string of the molecule is CCc1c(C)nc2nc(-c3ccccc3)nn2c1Sc1ccccc1NC(=O)c1ccccc1. The maximum absolute atomic E-state index is 12.8. The van der Waals surface area contributed by atoms with Crippen molar-refractivity contribution in [1.82, 2.24) is 19.6 Å². The molecule has 0 aliphatic heterocycles. The fraction of sp³-hybridized carbons (Fsp3) is 0.111. The summed E-state index contributed by atoms with van der Waals surface area (Å²) in [5.41, 5.74) is 4.33. The third-order valence-electron chi connectivity index (χ3n) is 5.51. The molecular formula is C27H23N5OS. The summed E-state index contributed by atoms with van der Waals surface area (Å²) in [5.74, 6) is 1.04. The van der Waals surface area contributed by atoms with Crippen LogP contribution in [0.5, 0.6) is 0 Å². The third kappa shape index (κ3) is 4.30. The summed E-state index contributed by atoms with van der Waals surface area (Å²) < 4.78 is 1.81. The summed E-state index contributed by atoms with van der Waals surface area (Å²) in [4.78, 5) is 23.1. The Bertz CT molecular complexity index is 1470. The van der Waals surface area contributed by atoms with E-state index in [0.29, 0.717) is 17.2 Å². The van der Waals surface area contributed by atoms with Gasteiger partial charge in [0.25, 0.3) is 11.7 Å². The molecule has 0 fully saturated rings. The standard InChI is InChI=1S/C27H23N5OS/c1-3-21-18(2)28-27-30-24(19-12-6-4-7-13-19)31-32(27)26(21)34-23-17-11-10-16-22(23)29-25(33)20-14-8-5-9-15-20/h4-17H,3H2,1-2H3,(H,29,33). The Morgan fingerprint density at radius 1 is 0.912 bits per heavy atom. The minimum Gasteiger partial charge on any atom is -0.321 e. The van der Waals surface area contributed by atoms with Crippen molar-refractivity contribution in [2.75, 3.05) is 5.32 Å². The maximum Gasteiger partial charge on any atom is 0.255 e. The van der Waals surface area contributed by atoms with Gasteiger partial charge >= 0.3 is 0 Å². The van der Waals surface area contributed by atoms with E-state index in [2.05, 4.69) is 17.2 Å². The Morgan fingerprint density at radius 3 is 2.32 bits per heavy atom. The lowest BCUT2D eigenvalue weighted by Crippen LogP contribution is -2.12. The highest BCUT2D eigenvalue weighted by Gasteiger charge is 2.19. The van der Waals surface area contributed by atoms with Gasteiger partial charge in [-0.2, -0.15) is 9.50 Å². The average Bonchev–Trinajstić information content (AvgIpc) is 3.30. The van der Waals surface area contributed by atoms with Gasteiger partial charge in [-0.15, -0.1) is 5.10 Å². The number of aromatic nitrogens is 4. The molecule has 0 saturated heterocycles. The number of carbonyl (C=O) groups excluding carboxylic acids is 1. The lowest BCUT2D eigenvalue weighted by Gasteiger charge is -2.14. The van der Waals surface area contributed by atoms with Gasteiger partial charge in [0.15, 0.2) is 5.82 Å². The van der Waals surface area contributed by atoms with Gasteiger partial charge in [0.05, 0.1) is 5.69 Å². The topological polar surface area (TPSA) is 72.2 Å². The van der Waals surface area contributed by atoms with E-state index in [9.17, 15) is 4.79 Å². The normalized spacial score (nSPS) is 11.0. The molecule has 7 heteroatoms. The third-order valence-corrected chi connectivity index (χ3v) is 6.70. The monoisotopic (exact) mass is 465 g/mol. The number of benzene rings is 3. The molecule has 0 unspecified atom stereocenters. The largest absolute Gasteiger partial charge is 0.321 e. The van der Waals surface area contributed by atoms with E-state index in [0.717, 1.165) is 38.9 Å². The highest BCUT2D eigenvalue weighted by Crippen LogP contribution is 2.37. The second kappa shape index (κ2) is 9.49. The molecule has 0 radical (unpaired) electrons. The molecule has 0 aliphatic carbocycles. The molecule has 0 aliphatic rings. The molecular weight excluding hydrogens is 442 g/mol. The van der Waals surface area contributed by atoms with Gasteiger partial charge in [-0.1, -0.05) is 79.3 Å². The van der Waals surface area contributed by atoms with E-state index < -0.39 is 0 Å². The van der Waals surface area contributed by atoms with Crippen LogP contribution in [-0.2, 0) is 6.42 Å². The molecule has 0 saturated carbocycles. The van der Waals surface area contributed by atoms with E-state index in [1.165, 1.54) is 0 Å². The smallest absolute Gasteiger partial charge is 0.255 e. The van der Waals surface area contributed by atoms with Gasteiger partial charge in [-0.05, 0) is 37.6 Å². The van der Waals surface area contributed by atoms with E-state index in [-0.39, 0.29) is 5.91 Å². The number of para-hydroxylation sites is 1. The fourth-order valence-electron chi connectivity index (χ4n) is 3.78. The highest BCUT2D eigenvalue weighted by atomic mass is 32.2. The summed E-state index contributed by atoms with van der Waals surface area (Å²) in [6.07, 6.45) is 0.802. The zero-order valence-electron chi connectivity index (χ0n) is 18.9. The van der Waals surface area contributed by atoms with Crippen molar-refractivity contribution in [3.63, 3.8) is 0 Å². The molecule has 0 atom stereocenters. The number of anilines is 1. The van der Waals surface area contributed by atoms with Crippen LogP contribution in [0.2, 0.25) is 0 Å².